The molecule has 2 amide bonds. The number of benzene rings is 2. The topological polar surface area (TPSA) is 67.2 Å². The lowest BCUT2D eigenvalue weighted by atomic mass is 9.88. The van der Waals surface area contributed by atoms with Gasteiger partial charge in [-0.15, -0.1) is 0 Å². The summed E-state index contributed by atoms with van der Waals surface area (Å²) in [7, 11) is 0. The van der Waals surface area contributed by atoms with Crippen LogP contribution in [-0.2, 0) is 22.6 Å². The third-order valence-corrected chi connectivity index (χ3v) is 7.12. The largest absolute Gasteiger partial charge is 0.349 e. The third-order valence-electron chi connectivity index (χ3n) is 7.12. The monoisotopic (exact) mass is 430 g/mol. The molecule has 6 nitrogen and oxygen atoms in total. The van der Waals surface area contributed by atoms with E-state index in [1.807, 2.05) is 53.3 Å². The van der Waals surface area contributed by atoms with E-state index in [2.05, 4.69) is 34.4 Å². The Morgan fingerprint density at radius 2 is 1.94 bits per heavy atom. The van der Waals surface area contributed by atoms with Crippen molar-refractivity contribution in [2.75, 3.05) is 0 Å². The molecule has 1 N–H and O–H groups in total. The van der Waals surface area contributed by atoms with Crippen LogP contribution in [-0.4, -0.2) is 44.1 Å². The second-order valence-corrected chi connectivity index (χ2v) is 9.40. The second-order valence-electron chi connectivity index (χ2n) is 9.40. The van der Waals surface area contributed by atoms with Crippen LogP contribution < -0.4 is 5.32 Å². The SMILES string of the molecule is C[C@]12C[C@@H](Cc3ccccc3)N(C(=O)CCn3ncc4ccccc43)[C@H]1CCCC(=O)N2. The van der Waals surface area contributed by atoms with Crippen molar-refractivity contribution in [1.29, 1.82) is 0 Å². The first-order valence-corrected chi connectivity index (χ1v) is 11.6. The van der Waals surface area contributed by atoms with Gasteiger partial charge in [-0.05, 0) is 44.2 Å². The van der Waals surface area contributed by atoms with Gasteiger partial charge in [-0.1, -0.05) is 48.5 Å². The minimum atomic E-state index is -0.374. The van der Waals surface area contributed by atoms with E-state index in [-0.39, 0.29) is 29.4 Å². The minimum Gasteiger partial charge on any atom is -0.349 e. The Bertz CT molecular complexity index is 1130. The average molecular weight is 431 g/mol. The van der Waals surface area contributed by atoms with Crippen LogP contribution in [0.2, 0.25) is 0 Å². The lowest BCUT2D eigenvalue weighted by molar-refractivity contribution is -0.135. The summed E-state index contributed by atoms with van der Waals surface area (Å²) in [6.07, 6.45) is 6.06. The fraction of sp³-hybridized carbons (Fsp3) is 0.423. The molecule has 2 aliphatic heterocycles. The van der Waals surface area contributed by atoms with Crippen LogP contribution in [0.4, 0.5) is 0 Å². The normalized spacial score (nSPS) is 25.4. The Kier molecular flexibility index (Phi) is 5.45. The van der Waals surface area contributed by atoms with Gasteiger partial charge in [-0.25, -0.2) is 0 Å². The van der Waals surface area contributed by atoms with E-state index in [9.17, 15) is 9.59 Å². The van der Waals surface area contributed by atoms with Crippen LogP contribution in [0, 0.1) is 0 Å². The Morgan fingerprint density at radius 1 is 1.16 bits per heavy atom. The molecule has 3 atom stereocenters. The van der Waals surface area contributed by atoms with Crippen molar-refractivity contribution in [2.45, 2.75) is 69.6 Å². The molecule has 166 valence electrons. The molecule has 2 aliphatic rings. The Balaban J connectivity index is 1.39. The number of amides is 2. The Labute approximate surface area is 188 Å². The van der Waals surface area contributed by atoms with E-state index in [0.717, 1.165) is 36.6 Å². The summed E-state index contributed by atoms with van der Waals surface area (Å²) in [4.78, 5) is 28.1. The van der Waals surface area contributed by atoms with Crippen LogP contribution in [0.3, 0.4) is 0 Å². The zero-order chi connectivity index (χ0) is 22.1. The number of nitrogens with zero attached hydrogens (tertiary/aromatic N) is 3. The first kappa shape index (κ1) is 20.7. The van der Waals surface area contributed by atoms with Crippen molar-refractivity contribution in [3.8, 4) is 0 Å². The van der Waals surface area contributed by atoms with Crippen molar-refractivity contribution in [3.63, 3.8) is 0 Å². The Morgan fingerprint density at radius 3 is 2.78 bits per heavy atom. The lowest BCUT2D eigenvalue weighted by Crippen LogP contribution is -2.54. The van der Waals surface area contributed by atoms with Crippen LogP contribution in [0.5, 0.6) is 0 Å². The van der Waals surface area contributed by atoms with E-state index < -0.39 is 0 Å². The summed E-state index contributed by atoms with van der Waals surface area (Å²) in [5.74, 6) is 0.251. The molecular formula is C26H30N4O2. The molecule has 0 bridgehead atoms. The van der Waals surface area contributed by atoms with Crippen molar-refractivity contribution >= 4 is 22.7 Å². The molecule has 5 rings (SSSR count). The second kappa shape index (κ2) is 8.41. The zero-order valence-electron chi connectivity index (χ0n) is 18.5. The lowest BCUT2D eigenvalue weighted by Gasteiger charge is -2.35. The summed E-state index contributed by atoms with van der Waals surface area (Å²) in [5.41, 5.74) is 1.90. The zero-order valence-corrected chi connectivity index (χ0v) is 18.5. The number of likely N-dealkylation sites (tertiary alicyclic amines) is 1. The van der Waals surface area contributed by atoms with Gasteiger partial charge in [-0.3, -0.25) is 14.3 Å². The molecule has 3 heterocycles. The van der Waals surface area contributed by atoms with Gasteiger partial charge in [0.15, 0.2) is 0 Å². The first-order valence-electron chi connectivity index (χ1n) is 11.6. The number of carbonyl (C=O) groups excluding carboxylic acids is 2. The minimum absolute atomic E-state index is 0.0320. The number of hydrogen-bond acceptors (Lipinski definition) is 3. The van der Waals surface area contributed by atoms with Crippen LogP contribution in [0.1, 0.15) is 44.6 Å². The standard InChI is InChI=1S/C26H30N4O2/c1-26-17-21(16-19-8-3-2-4-9-19)30(23(26)12-7-13-24(31)28-26)25(32)14-15-29-22-11-6-5-10-20(22)18-27-29/h2-6,8-11,18,21,23H,7,12-17H2,1H3,(H,28,31)/t21-,23+,26+/m1/s1. The molecule has 0 saturated carbocycles. The summed E-state index contributed by atoms with van der Waals surface area (Å²) in [5, 5.41) is 8.84. The number of hydrogen-bond donors (Lipinski definition) is 1. The molecule has 1 aromatic heterocycles. The maximum Gasteiger partial charge on any atom is 0.225 e. The highest BCUT2D eigenvalue weighted by atomic mass is 16.2. The molecule has 2 fully saturated rings. The number of carbonyl (C=O) groups is 2. The highest BCUT2D eigenvalue weighted by Gasteiger charge is 2.52. The number of aryl methyl sites for hydroxylation is 1. The summed E-state index contributed by atoms with van der Waals surface area (Å²) in [6, 6.07) is 18.5. The van der Waals surface area contributed by atoms with Gasteiger partial charge in [0.05, 0.1) is 29.8 Å². The maximum atomic E-state index is 13.6. The van der Waals surface area contributed by atoms with E-state index in [1.165, 1.54) is 5.56 Å². The van der Waals surface area contributed by atoms with Crippen molar-refractivity contribution in [1.82, 2.24) is 20.0 Å². The number of fused-ring (bicyclic) bond motifs is 2. The number of nitrogens with one attached hydrogen (secondary N) is 1. The molecule has 3 aromatic rings. The molecule has 0 aliphatic carbocycles. The van der Waals surface area contributed by atoms with Gasteiger partial charge >= 0.3 is 0 Å². The van der Waals surface area contributed by atoms with Gasteiger partial charge in [-0.2, -0.15) is 5.10 Å². The van der Waals surface area contributed by atoms with E-state index in [1.54, 1.807) is 0 Å². The van der Waals surface area contributed by atoms with Gasteiger partial charge in [0.1, 0.15) is 0 Å². The maximum absolute atomic E-state index is 13.6. The fourth-order valence-corrected chi connectivity index (χ4v) is 5.68. The Hall–Kier alpha value is -3.15. The molecule has 32 heavy (non-hydrogen) atoms. The highest BCUT2D eigenvalue weighted by molar-refractivity contribution is 5.81. The van der Waals surface area contributed by atoms with Gasteiger partial charge in [0.25, 0.3) is 0 Å². The molecule has 0 spiro atoms. The first-order chi connectivity index (χ1) is 15.5. The molecular weight excluding hydrogens is 400 g/mol. The van der Waals surface area contributed by atoms with Gasteiger partial charge in [0.2, 0.25) is 11.8 Å². The highest BCUT2D eigenvalue weighted by Crippen LogP contribution is 2.39. The summed E-state index contributed by atoms with van der Waals surface area (Å²) >= 11 is 0. The smallest absolute Gasteiger partial charge is 0.225 e. The van der Waals surface area contributed by atoms with Gasteiger partial charge in [0, 0.05) is 24.3 Å². The fourth-order valence-electron chi connectivity index (χ4n) is 5.68. The van der Waals surface area contributed by atoms with Crippen molar-refractivity contribution in [2.24, 2.45) is 0 Å². The quantitative estimate of drug-likeness (QED) is 0.671. The number of para-hydroxylation sites is 1. The molecule has 6 heteroatoms. The van der Waals surface area contributed by atoms with E-state index in [0.29, 0.717) is 19.4 Å². The van der Waals surface area contributed by atoms with E-state index in [4.69, 9.17) is 0 Å². The van der Waals surface area contributed by atoms with Crippen LogP contribution in [0.25, 0.3) is 10.9 Å². The molecule has 0 radical (unpaired) electrons. The summed E-state index contributed by atoms with van der Waals surface area (Å²) in [6.45, 7) is 2.67. The van der Waals surface area contributed by atoms with Crippen LogP contribution in [0.15, 0.2) is 60.8 Å². The molecule has 2 saturated heterocycles. The van der Waals surface area contributed by atoms with Crippen LogP contribution >= 0.6 is 0 Å². The molecule has 2 aromatic carbocycles. The predicted molar refractivity (Wildman–Crippen MR) is 124 cm³/mol. The molecule has 0 unspecified atom stereocenters. The van der Waals surface area contributed by atoms with E-state index >= 15 is 0 Å². The third kappa shape index (κ3) is 3.90. The predicted octanol–water partition coefficient (Wildman–Crippen LogP) is 3.70. The van der Waals surface area contributed by atoms with Gasteiger partial charge < -0.3 is 10.2 Å². The van der Waals surface area contributed by atoms with Crippen molar-refractivity contribution < 1.29 is 9.59 Å². The van der Waals surface area contributed by atoms with Crippen molar-refractivity contribution in [3.05, 3.63) is 66.4 Å². The average Bonchev–Trinajstić information content (AvgIpc) is 3.27. The number of rotatable bonds is 5. The summed E-state index contributed by atoms with van der Waals surface area (Å²) < 4.78 is 1.92. The number of aromatic nitrogens is 2.